The highest BCUT2D eigenvalue weighted by molar-refractivity contribution is 4.94. The normalized spacial score (nSPS) is 33.7. The summed E-state index contributed by atoms with van der Waals surface area (Å²) in [5, 5.41) is 13.4. The zero-order valence-electron chi connectivity index (χ0n) is 9.51. The van der Waals surface area contributed by atoms with Crippen LogP contribution in [0.5, 0.6) is 0 Å². The van der Waals surface area contributed by atoms with Gasteiger partial charge in [0, 0.05) is 31.7 Å². The minimum atomic E-state index is -0.642. The lowest BCUT2D eigenvalue weighted by atomic mass is 10.1. The molecule has 0 aromatic rings. The largest absolute Gasteiger partial charge is 0.388 e. The Morgan fingerprint density at radius 1 is 1.43 bits per heavy atom. The highest BCUT2D eigenvalue weighted by Gasteiger charge is 2.33. The molecule has 0 spiro atoms. The summed E-state index contributed by atoms with van der Waals surface area (Å²) in [5.74, 6) is 0. The van der Waals surface area contributed by atoms with Gasteiger partial charge in [-0.15, -0.1) is 6.58 Å². The summed E-state index contributed by atoms with van der Waals surface area (Å²) in [6.45, 7) is 13.0. The number of nitrogens with zero attached hydrogens (tertiary/aromatic N) is 1. The van der Waals surface area contributed by atoms with Crippen molar-refractivity contribution in [3.05, 3.63) is 12.7 Å². The van der Waals surface area contributed by atoms with E-state index in [0.717, 1.165) is 13.1 Å². The predicted octanol–water partition coefficient (Wildman–Crippen LogP) is 0.607. The van der Waals surface area contributed by atoms with Crippen molar-refractivity contribution in [2.24, 2.45) is 0 Å². The molecule has 1 aliphatic heterocycles. The molecule has 0 saturated carbocycles. The molecule has 2 N–H and O–H groups in total. The summed E-state index contributed by atoms with van der Waals surface area (Å²) in [6.07, 6.45) is 1.89. The van der Waals surface area contributed by atoms with Crippen LogP contribution in [-0.2, 0) is 0 Å². The Bertz CT molecular complexity index is 193. The van der Waals surface area contributed by atoms with Gasteiger partial charge in [0.25, 0.3) is 0 Å². The molecule has 0 aromatic heterocycles. The smallest absolute Gasteiger partial charge is 0.0870 e. The molecule has 0 amide bonds. The Labute approximate surface area is 86.8 Å². The summed E-state index contributed by atoms with van der Waals surface area (Å²) in [6, 6.07) is 0. The van der Waals surface area contributed by atoms with E-state index in [1.54, 1.807) is 0 Å². The van der Waals surface area contributed by atoms with E-state index in [4.69, 9.17) is 0 Å². The summed E-state index contributed by atoms with van der Waals surface area (Å²) in [4.78, 5) is 2.23. The van der Waals surface area contributed by atoms with Crippen LogP contribution in [0.15, 0.2) is 12.7 Å². The summed E-state index contributed by atoms with van der Waals surface area (Å²) < 4.78 is 0. The highest BCUT2D eigenvalue weighted by Crippen LogP contribution is 2.16. The van der Waals surface area contributed by atoms with Crippen molar-refractivity contribution >= 4 is 0 Å². The minimum absolute atomic E-state index is 0.0590. The summed E-state index contributed by atoms with van der Waals surface area (Å²) in [7, 11) is 0. The highest BCUT2D eigenvalue weighted by atomic mass is 16.3. The van der Waals surface area contributed by atoms with Gasteiger partial charge < -0.3 is 10.4 Å². The maximum Gasteiger partial charge on any atom is 0.0870 e. The quantitative estimate of drug-likeness (QED) is 0.638. The van der Waals surface area contributed by atoms with Crippen molar-refractivity contribution in [1.29, 1.82) is 0 Å². The zero-order chi connectivity index (χ0) is 10.8. The second-order valence-electron chi connectivity index (χ2n) is 5.19. The van der Waals surface area contributed by atoms with Gasteiger partial charge in [-0.25, -0.2) is 0 Å². The SMILES string of the molecule is C=CCN1CC(C)(O)CNC(C)(C)C1. The average Bonchev–Trinajstić information content (AvgIpc) is 2.08. The van der Waals surface area contributed by atoms with Gasteiger partial charge in [-0.05, 0) is 20.8 Å². The van der Waals surface area contributed by atoms with Crippen LogP contribution in [-0.4, -0.2) is 47.3 Å². The van der Waals surface area contributed by atoms with E-state index >= 15 is 0 Å². The molecule has 1 atom stereocenters. The minimum Gasteiger partial charge on any atom is -0.388 e. The topological polar surface area (TPSA) is 35.5 Å². The van der Waals surface area contributed by atoms with Gasteiger partial charge in [-0.1, -0.05) is 6.08 Å². The van der Waals surface area contributed by atoms with E-state index in [0.29, 0.717) is 13.1 Å². The maximum atomic E-state index is 10.0. The molecular weight excluding hydrogens is 176 g/mol. The molecule has 1 unspecified atom stereocenters. The van der Waals surface area contributed by atoms with Crippen LogP contribution in [0.2, 0.25) is 0 Å². The van der Waals surface area contributed by atoms with Crippen molar-refractivity contribution in [1.82, 2.24) is 10.2 Å². The molecule has 0 aromatic carbocycles. The van der Waals surface area contributed by atoms with Gasteiger partial charge in [-0.3, -0.25) is 4.90 Å². The first-order chi connectivity index (χ1) is 6.35. The fraction of sp³-hybridized carbons (Fsp3) is 0.818. The van der Waals surface area contributed by atoms with Crippen LogP contribution in [0.1, 0.15) is 20.8 Å². The molecule has 1 aliphatic rings. The molecule has 1 rings (SSSR count). The maximum absolute atomic E-state index is 10.0. The Morgan fingerprint density at radius 3 is 2.64 bits per heavy atom. The molecule has 0 bridgehead atoms. The van der Waals surface area contributed by atoms with E-state index in [-0.39, 0.29) is 5.54 Å². The average molecular weight is 198 g/mol. The Balaban J connectivity index is 2.70. The summed E-state index contributed by atoms with van der Waals surface area (Å²) in [5.41, 5.74) is -0.583. The number of hydrogen-bond donors (Lipinski definition) is 2. The first-order valence-corrected chi connectivity index (χ1v) is 5.15. The van der Waals surface area contributed by atoms with Crippen LogP contribution in [0, 0.1) is 0 Å². The second-order valence-corrected chi connectivity index (χ2v) is 5.19. The third kappa shape index (κ3) is 3.40. The van der Waals surface area contributed by atoms with E-state index in [1.807, 2.05) is 13.0 Å². The van der Waals surface area contributed by atoms with Crippen molar-refractivity contribution in [3.63, 3.8) is 0 Å². The fourth-order valence-electron chi connectivity index (χ4n) is 1.95. The Kier molecular flexibility index (Phi) is 3.35. The third-order valence-electron chi connectivity index (χ3n) is 2.52. The first-order valence-electron chi connectivity index (χ1n) is 5.15. The lowest BCUT2D eigenvalue weighted by Crippen LogP contribution is -2.47. The van der Waals surface area contributed by atoms with Crippen LogP contribution in [0.25, 0.3) is 0 Å². The monoisotopic (exact) mass is 198 g/mol. The van der Waals surface area contributed by atoms with Crippen LogP contribution in [0.3, 0.4) is 0 Å². The summed E-state index contributed by atoms with van der Waals surface area (Å²) >= 11 is 0. The van der Waals surface area contributed by atoms with Crippen molar-refractivity contribution in [2.45, 2.75) is 31.9 Å². The Morgan fingerprint density at radius 2 is 2.07 bits per heavy atom. The van der Waals surface area contributed by atoms with Crippen molar-refractivity contribution < 1.29 is 5.11 Å². The van der Waals surface area contributed by atoms with E-state index < -0.39 is 5.60 Å². The Hall–Kier alpha value is -0.380. The number of nitrogens with one attached hydrogen (secondary N) is 1. The van der Waals surface area contributed by atoms with E-state index in [1.165, 1.54) is 0 Å². The standard InChI is InChI=1S/C11H22N2O/c1-5-6-13-8-10(2,3)12-7-11(4,14)9-13/h5,12,14H,1,6-9H2,2-4H3. The number of β-amino-alcohol motifs (C(OH)–C–C–N with tert-alkyl or cyclic N) is 1. The zero-order valence-corrected chi connectivity index (χ0v) is 9.51. The lowest BCUT2D eigenvalue weighted by molar-refractivity contribution is 0.0373. The molecule has 0 aliphatic carbocycles. The molecule has 3 nitrogen and oxygen atoms in total. The molecule has 3 heteroatoms. The number of hydrogen-bond acceptors (Lipinski definition) is 3. The molecule has 0 radical (unpaired) electrons. The van der Waals surface area contributed by atoms with Gasteiger partial charge in [0.2, 0.25) is 0 Å². The van der Waals surface area contributed by atoms with E-state index in [9.17, 15) is 5.11 Å². The van der Waals surface area contributed by atoms with Gasteiger partial charge in [0.05, 0.1) is 5.60 Å². The number of aliphatic hydroxyl groups is 1. The van der Waals surface area contributed by atoms with Crippen molar-refractivity contribution in [3.8, 4) is 0 Å². The predicted molar refractivity (Wildman–Crippen MR) is 59.3 cm³/mol. The number of rotatable bonds is 2. The lowest BCUT2D eigenvalue weighted by Gasteiger charge is -2.29. The van der Waals surface area contributed by atoms with Crippen molar-refractivity contribution in [2.75, 3.05) is 26.2 Å². The first kappa shape index (κ1) is 11.7. The van der Waals surface area contributed by atoms with Gasteiger partial charge in [-0.2, -0.15) is 0 Å². The van der Waals surface area contributed by atoms with Crippen LogP contribution in [0.4, 0.5) is 0 Å². The molecule has 1 saturated heterocycles. The van der Waals surface area contributed by atoms with E-state index in [2.05, 4.69) is 30.6 Å². The molecule has 14 heavy (non-hydrogen) atoms. The van der Waals surface area contributed by atoms with Crippen LogP contribution < -0.4 is 5.32 Å². The molecule has 1 fully saturated rings. The van der Waals surface area contributed by atoms with Gasteiger partial charge >= 0.3 is 0 Å². The molecular formula is C11H22N2O. The van der Waals surface area contributed by atoms with Gasteiger partial charge in [0.1, 0.15) is 0 Å². The second kappa shape index (κ2) is 4.01. The van der Waals surface area contributed by atoms with Crippen LogP contribution >= 0.6 is 0 Å². The van der Waals surface area contributed by atoms with Gasteiger partial charge in [0.15, 0.2) is 0 Å². The molecule has 1 heterocycles. The fourth-order valence-corrected chi connectivity index (χ4v) is 1.95. The molecule has 82 valence electrons. The third-order valence-corrected chi connectivity index (χ3v) is 2.52.